The third-order valence-corrected chi connectivity index (χ3v) is 3.60. The Morgan fingerprint density at radius 1 is 1.38 bits per heavy atom. The molecule has 0 aromatic carbocycles. The second kappa shape index (κ2) is 3.97. The Morgan fingerprint density at radius 3 is 2.85 bits per heavy atom. The molecular weight excluding hydrogens is 365 g/mol. The lowest BCUT2D eigenvalue weighted by Crippen LogP contribution is -1.82. The SMILES string of the molecule is Brc1cccnc1-c1nnc(I)s1. The van der Waals surface area contributed by atoms with Crippen LogP contribution < -0.4 is 0 Å². The molecule has 2 heterocycles. The first-order valence-corrected chi connectivity index (χ1v) is 6.06. The quantitative estimate of drug-likeness (QED) is 0.727. The lowest BCUT2D eigenvalue weighted by molar-refractivity contribution is 1.06. The minimum atomic E-state index is 0.844. The van der Waals surface area contributed by atoms with Crippen LogP contribution in [-0.2, 0) is 0 Å². The van der Waals surface area contributed by atoms with Gasteiger partial charge in [0.15, 0.2) is 8.02 Å². The van der Waals surface area contributed by atoms with Crippen molar-refractivity contribution in [1.82, 2.24) is 15.2 Å². The number of hydrogen-bond donors (Lipinski definition) is 0. The van der Waals surface area contributed by atoms with E-state index in [0.717, 1.165) is 18.2 Å². The first-order chi connectivity index (χ1) is 6.27. The molecule has 0 spiro atoms. The van der Waals surface area contributed by atoms with Crippen LogP contribution in [-0.4, -0.2) is 15.2 Å². The van der Waals surface area contributed by atoms with E-state index < -0.39 is 0 Å². The number of aromatic nitrogens is 3. The molecule has 2 aromatic heterocycles. The Kier molecular flexibility index (Phi) is 2.89. The van der Waals surface area contributed by atoms with Gasteiger partial charge in [-0.15, -0.1) is 10.2 Å². The summed E-state index contributed by atoms with van der Waals surface area (Å²) in [5.41, 5.74) is 0.850. The maximum atomic E-state index is 4.22. The van der Waals surface area contributed by atoms with Gasteiger partial charge in [-0.25, -0.2) is 0 Å². The highest BCUT2D eigenvalue weighted by atomic mass is 127. The van der Waals surface area contributed by atoms with E-state index in [-0.39, 0.29) is 0 Å². The van der Waals surface area contributed by atoms with Gasteiger partial charge >= 0.3 is 0 Å². The van der Waals surface area contributed by atoms with Crippen molar-refractivity contribution in [3.8, 4) is 10.7 Å². The van der Waals surface area contributed by atoms with E-state index in [1.54, 1.807) is 6.20 Å². The van der Waals surface area contributed by atoms with Gasteiger partial charge in [-0.1, -0.05) is 11.3 Å². The fourth-order valence-corrected chi connectivity index (χ4v) is 2.73. The molecule has 0 aliphatic rings. The normalized spacial score (nSPS) is 10.3. The summed E-state index contributed by atoms with van der Waals surface area (Å²) < 4.78 is 1.87. The van der Waals surface area contributed by atoms with Crippen molar-refractivity contribution in [1.29, 1.82) is 0 Å². The molecule has 0 unspecified atom stereocenters. The van der Waals surface area contributed by atoms with E-state index in [2.05, 4.69) is 53.7 Å². The first-order valence-electron chi connectivity index (χ1n) is 3.37. The molecule has 6 heteroatoms. The third kappa shape index (κ3) is 2.05. The highest BCUT2D eigenvalue weighted by molar-refractivity contribution is 14.1. The van der Waals surface area contributed by atoms with Gasteiger partial charge < -0.3 is 0 Å². The Bertz CT molecular complexity index is 431. The maximum absolute atomic E-state index is 4.22. The highest BCUT2D eigenvalue weighted by Gasteiger charge is 2.08. The van der Waals surface area contributed by atoms with Crippen molar-refractivity contribution in [3.05, 3.63) is 25.8 Å². The van der Waals surface area contributed by atoms with E-state index in [9.17, 15) is 0 Å². The summed E-state index contributed by atoms with van der Waals surface area (Å²) in [5, 5.41) is 8.79. The summed E-state index contributed by atoms with van der Waals surface area (Å²) in [4.78, 5) is 4.22. The van der Waals surface area contributed by atoms with Crippen LogP contribution in [0.15, 0.2) is 22.8 Å². The van der Waals surface area contributed by atoms with Crippen molar-refractivity contribution in [3.63, 3.8) is 0 Å². The smallest absolute Gasteiger partial charge is 0.178 e. The van der Waals surface area contributed by atoms with Gasteiger partial charge in [-0.2, -0.15) is 0 Å². The van der Waals surface area contributed by atoms with Crippen LogP contribution in [0.4, 0.5) is 0 Å². The molecule has 0 N–H and O–H groups in total. The second-order valence-corrected chi connectivity index (χ2v) is 5.78. The van der Waals surface area contributed by atoms with E-state index in [0.29, 0.717) is 0 Å². The third-order valence-electron chi connectivity index (χ3n) is 1.36. The van der Waals surface area contributed by atoms with Crippen LogP contribution >= 0.6 is 49.9 Å². The molecule has 0 atom stereocenters. The van der Waals surface area contributed by atoms with Gasteiger partial charge in [0.25, 0.3) is 0 Å². The van der Waals surface area contributed by atoms with Gasteiger partial charge in [-0.3, -0.25) is 4.98 Å². The summed E-state index contributed by atoms with van der Waals surface area (Å²) in [6.45, 7) is 0. The summed E-state index contributed by atoms with van der Waals surface area (Å²) in [5.74, 6) is 0. The lowest BCUT2D eigenvalue weighted by Gasteiger charge is -1.95. The van der Waals surface area contributed by atoms with Crippen molar-refractivity contribution in [2.45, 2.75) is 0 Å². The molecule has 0 amide bonds. The fourth-order valence-electron chi connectivity index (χ4n) is 0.844. The van der Waals surface area contributed by atoms with Crippen LogP contribution in [0.5, 0.6) is 0 Å². The Morgan fingerprint density at radius 2 is 2.23 bits per heavy atom. The molecule has 3 nitrogen and oxygen atoms in total. The summed E-state index contributed by atoms with van der Waals surface area (Å²) in [6.07, 6.45) is 1.74. The molecule has 0 saturated carbocycles. The van der Waals surface area contributed by atoms with Crippen molar-refractivity contribution < 1.29 is 0 Å². The van der Waals surface area contributed by atoms with Crippen LogP contribution in [0.25, 0.3) is 10.7 Å². The van der Waals surface area contributed by atoms with Gasteiger partial charge in [0.05, 0.1) is 0 Å². The van der Waals surface area contributed by atoms with Crippen molar-refractivity contribution >= 4 is 49.9 Å². The van der Waals surface area contributed by atoms with Crippen LogP contribution in [0, 0.1) is 3.01 Å². The summed E-state index contributed by atoms with van der Waals surface area (Å²) in [6, 6.07) is 3.82. The number of nitrogens with zero attached hydrogens (tertiary/aromatic N) is 3. The zero-order valence-corrected chi connectivity index (χ0v) is 10.8. The largest absolute Gasteiger partial charge is 0.252 e. The van der Waals surface area contributed by atoms with E-state index in [1.165, 1.54) is 11.3 Å². The predicted octanol–water partition coefficient (Wildman–Crippen LogP) is 2.97. The predicted molar refractivity (Wildman–Crippen MR) is 63.6 cm³/mol. The first kappa shape index (κ1) is 9.47. The molecule has 0 saturated heterocycles. The molecule has 2 rings (SSSR count). The average Bonchev–Trinajstić information content (AvgIpc) is 2.53. The fraction of sp³-hybridized carbons (Fsp3) is 0. The zero-order chi connectivity index (χ0) is 9.26. The molecular formula is C7H3BrIN3S. The monoisotopic (exact) mass is 367 g/mol. The molecule has 0 bridgehead atoms. The molecule has 2 aromatic rings. The van der Waals surface area contributed by atoms with Crippen molar-refractivity contribution in [2.24, 2.45) is 0 Å². The topological polar surface area (TPSA) is 38.7 Å². The summed E-state index contributed by atoms with van der Waals surface area (Å²) in [7, 11) is 0. The van der Waals surface area contributed by atoms with Gasteiger partial charge in [0.1, 0.15) is 5.69 Å². The molecule has 0 radical (unpaired) electrons. The highest BCUT2D eigenvalue weighted by Crippen LogP contribution is 2.28. The van der Waals surface area contributed by atoms with Gasteiger partial charge in [0.2, 0.25) is 0 Å². The lowest BCUT2D eigenvalue weighted by atomic mass is 10.4. The average molecular weight is 368 g/mol. The van der Waals surface area contributed by atoms with Crippen LogP contribution in [0.2, 0.25) is 0 Å². The molecule has 0 aliphatic heterocycles. The van der Waals surface area contributed by atoms with E-state index in [4.69, 9.17) is 0 Å². The standard InChI is InChI=1S/C7H3BrIN3S/c8-4-2-1-3-10-5(4)6-11-12-7(9)13-6/h1-3H. The number of pyridine rings is 1. The Hall–Kier alpha value is -0.0800. The van der Waals surface area contributed by atoms with Gasteiger partial charge in [0, 0.05) is 10.7 Å². The van der Waals surface area contributed by atoms with E-state index in [1.807, 2.05) is 12.1 Å². The number of hydrogen-bond acceptors (Lipinski definition) is 4. The Labute approximate surface area is 101 Å². The molecule has 13 heavy (non-hydrogen) atoms. The van der Waals surface area contributed by atoms with Gasteiger partial charge in [-0.05, 0) is 50.7 Å². The second-order valence-electron chi connectivity index (χ2n) is 2.19. The van der Waals surface area contributed by atoms with E-state index >= 15 is 0 Å². The minimum Gasteiger partial charge on any atom is -0.252 e. The van der Waals surface area contributed by atoms with Crippen LogP contribution in [0.3, 0.4) is 0 Å². The molecule has 66 valence electrons. The molecule has 0 aliphatic carbocycles. The minimum absolute atomic E-state index is 0.844. The van der Waals surface area contributed by atoms with Crippen LogP contribution in [0.1, 0.15) is 0 Å². The Balaban J connectivity index is 2.52. The number of rotatable bonds is 1. The number of halogens is 2. The van der Waals surface area contributed by atoms with Crippen molar-refractivity contribution in [2.75, 3.05) is 0 Å². The molecule has 0 fully saturated rings. The zero-order valence-electron chi connectivity index (χ0n) is 6.24. The summed E-state index contributed by atoms with van der Waals surface area (Å²) >= 11 is 7.08. The maximum Gasteiger partial charge on any atom is 0.178 e.